The molecular weight excluding hydrogens is 208 g/mol. The Hall–Kier alpha value is -0.810. The quantitative estimate of drug-likeness (QED) is 0.760. The van der Waals surface area contributed by atoms with Crippen molar-refractivity contribution in [2.45, 2.75) is 38.8 Å². The van der Waals surface area contributed by atoms with Crippen LogP contribution in [0.1, 0.15) is 27.2 Å². The molecule has 0 saturated carbocycles. The highest BCUT2D eigenvalue weighted by atomic mass is 16.5. The van der Waals surface area contributed by atoms with Gasteiger partial charge >= 0.3 is 6.09 Å². The van der Waals surface area contributed by atoms with Crippen molar-refractivity contribution >= 4 is 6.09 Å². The minimum atomic E-state index is -0.855. The first kappa shape index (κ1) is 13.3. The standard InChI is InChI=1S/C11H22N2O3/c1-11(2,3)16-7-6-13(10(14)15)9-4-5-12-8-9/h9,12H,4-8H2,1-3H3,(H,14,15). The molecule has 1 rings (SSSR count). The number of nitrogens with one attached hydrogen (secondary N) is 1. The van der Waals surface area contributed by atoms with Crippen LogP contribution in [0.2, 0.25) is 0 Å². The van der Waals surface area contributed by atoms with Gasteiger partial charge in [0.1, 0.15) is 0 Å². The highest BCUT2D eigenvalue weighted by Crippen LogP contribution is 2.11. The molecule has 0 radical (unpaired) electrons. The summed E-state index contributed by atoms with van der Waals surface area (Å²) in [5.41, 5.74) is -0.210. The highest BCUT2D eigenvalue weighted by molar-refractivity contribution is 5.65. The van der Waals surface area contributed by atoms with E-state index >= 15 is 0 Å². The van der Waals surface area contributed by atoms with Crippen LogP contribution >= 0.6 is 0 Å². The second-order valence-electron chi connectivity index (χ2n) is 5.08. The molecule has 1 amide bonds. The summed E-state index contributed by atoms with van der Waals surface area (Å²) < 4.78 is 5.54. The molecule has 5 heteroatoms. The van der Waals surface area contributed by atoms with E-state index < -0.39 is 6.09 Å². The lowest BCUT2D eigenvalue weighted by molar-refractivity contribution is -0.0148. The van der Waals surface area contributed by atoms with Gasteiger partial charge in [-0.15, -0.1) is 0 Å². The number of hydrogen-bond donors (Lipinski definition) is 2. The lowest BCUT2D eigenvalue weighted by Gasteiger charge is -2.27. The van der Waals surface area contributed by atoms with Crippen LogP contribution in [-0.2, 0) is 4.74 Å². The lowest BCUT2D eigenvalue weighted by atomic mass is 10.2. The maximum absolute atomic E-state index is 11.1. The average molecular weight is 230 g/mol. The zero-order chi connectivity index (χ0) is 12.2. The molecule has 0 aliphatic carbocycles. The number of carboxylic acid groups (broad SMARTS) is 1. The molecule has 1 unspecified atom stereocenters. The average Bonchev–Trinajstić information content (AvgIpc) is 2.62. The molecule has 0 bridgehead atoms. The summed E-state index contributed by atoms with van der Waals surface area (Å²) in [5.74, 6) is 0. The lowest BCUT2D eigenvalue weighted by Crippen LogP contribution is -2.43. The molecule has 1 saturated heterocycles. The van der Waals surface area contributed by atoms with Crippen LogP contribution in [0.15, 0.2) is 0 Å². The molecule has 16 heavy (non-hydrogen) atoms. The summed E-state index contributed by atoms with van der Waals surface area (Å²) in [7, 11) is 0. The SMILES string of the molecule is CC(C)(C)OCCN(C(=O)O)C1CCNC1. The minimum absolute atomic E-state index is 0.0982. The van der Waals surface area contributed by atoms with Crippen LogP contribution in [0.25, 0.3) is 0 Å². The Morgan fingerprint density at radius 3 is 2.69 bits per heavy atom. The first-order valence-electron chi connectivity index (χ1n) is 5.74. The van der Waals surface area contributed by atoms with Gasteiger partial charge in [0.25, 0.3) is 0 Å². The van der Waals surface area contributed by atoms with Crippen molar-refractivity contribution in [1.29, 1.82) is 0 Å². The van der Waals surface area contributed by atoms with E-state index in [1.165, 1.54) is 4.90 Å². The van der Waals surface area contributed by atoms with E-state index in [2.05, 4.69) is 5.32 Å². The van der Waals surface area contributed by atoms with E-state index in [1.807, 2.05) is 20.8 Å². The van der Waals surface area contributed by atoms with Crippen LogP contribution in [0.5, 0.6) is 0 Å². The summed E-state index contributed by atoms with van der Waals surface area (Å²) in [6, 6.07) is 0.0982. The molecule has 94 valence electrons. The highest BCUT2D eigenvalue weighted by Gasteiger charge is 2.26. The Morgan fingerprint density at radius 2 is 2.25 bits per heavy atom. The summed E-state index contributed by atoms with van der Waals surface area (Å²) in [6.45, 7) is 8.45. The summed E-state index contributed by atoms with van der Waals surface area (Å²) >= 11 is 0. The predicted octanol–water partition coefficient (Wildman–Crippen LogP) is 1.14. The molecular formula is C11H22N2O3. The van der Waals surface area contributed by atoms with Crippen molar-refractivity contribution in [2.75, 3.05) is 26.2 Å². The predicted molar refractivity (Wildman–Crippen MR) is 61.7 cm³/mol. The first-order chi connectivity index (χ1) is 7.40. The van der Waals surface area contributed by atoms with Gasteiger partial charge in [-0.05, 0) is 33.7 Å². The van der Waals surface area contributed by atoms with Gasteiger partial charge < -0.3 is 20.1 Å². The molecule has 5 nitrogen and oxygen atoms in total. The normalized spacial score (nSPS) is 21.1. The van der Waals surface area contributed by atoms with Crippen molar-refractivity contribution in [3.8, 4) is 0 Å². The third kappa shape index (κ3) is 4.37. The van der Waals surface area contributed by atoms with E-state index in [9.17, 15) is 4.79 Å². The fraction of sp³-hybridized carbons (Fsp3) is 0.909. The minimum Gasteiger partial charge on any atom is -0.465 e. The van der Waals surface area contributed by atoms with Gasteiger partial charge in [-0.3, -0.25) is 0 Å². The molecule has 1 fully saturated rings. The zero-order valence-electron chi connectivity index (χ0n) is 10.3. The summed E-state index contributed by atoms with van der Waals surface area (Å²) in [4.78, 5) is 12.6. The Morgan fingerprint density at radius 1 is 1.56 bits per heavy atom. The fourth-order valence-corrected chi connectivity index (χ4v) is 1.79. The van der Waals surface area contributed by atoms with Crippen molar-refractivity contribution in [2.24, 2.45) is 0 Å². The van der Waals surface area contributed by atoms with Gasteiger partial charge in [0, 0.05) is 19.1 Å². The molecule has 2 N–H and O–H groups in total. The van der Waals surface area contributed by atoms with Gasteiger partial charge in [-0.2, -0.15) is 0 Å². The van der Waals surface area contributed by atoms with Crippen molar-refractivity contribution in [3.05, 3.63) is 0 Å². The van der Waals surface area contributed by atoms with E-state index in [1.54, 1.807) is 0 Å². The fourth-order valence-electron chi connectivity index (χ4n) is 1.79. The maximum Gasteiger partial charge on any atom is 0.407 e. The first-order valence-corrected chi connectivity index (χ1v) is 5.74. The third-order valence-electron chi connectivity index (χ3n) is 2.59. The van der Waals surface area contributed by atoms with Gasteiger partial charge in [0.2, 0.25) is 0 Å². The number of hydrogen-bond acceptors (Lipinski definition) is 3. The Balaban J connectivity index is 2.37. The topological polar surface area (TPSA) is 61.8 Å². The molecule has 1 heterocycles. The number of ether oxygens (including phenoxy) is 1. The van der Waals surface area contributed by atoms with Crippen LogP contribution in [-0.4, -0.2) is 54.0 Å². The van der Waals surface area contributed by atoms with Gasteiger partial charge in [-0.1, -0.05) is 0 Å². The second kappa shape index (κ2) is 5.50. The second-order valence-corrected chi connectivity index (χ2v) is 5.08. The molecule has 0 spiro atoms. The number of rotatable bonds is 4. The Bertz CT molecular complexity index is 232. The van der Waals surface area contributed by atoms with Gasteiger partial charge in [0.15, 0.2) is 0 Å². The third-order valence-corrected chi connectivity index (χ3v) is 2.59. The monoisotopic (exact) mass is 230 g/mol. The molecule has 0 aromatic carbocycles. The van der Waals surface area contributed by atoms with E-state index in [4.69, 9.17) is 9.84 Å². The van der Waals surface area contributed by atoms with Crippen LogP contribution in [0, 0.1) is 0 Å². The molecule has 1 aliphatic heterocycles. The van der Waals surface area contributed by atoms with Crippen LogP contribution < -0.4 is 5.32 Å². The molecule has 1 atom stereocenters. The zero-order valence-corrected chi connectivity index (χ0v) is 10.3. The smallest absolute Gasteiger partial charge is 0.407 e. The van der Waals surface area contributed by atoms with Crippen molar-refractivity contribution in [1.82, 2.24) is 10.2 Å². The maximum atomic E-state index is 11.1. The van der Waals surface area contributed by atoms with Crippen LogP contribution in [0.4, 0.5) is 4.79 Å². The molecule has 1 aliphatic rings. The van der Waals surface area contributed by atoms with Gasteiger partial charge in [0.05, 0.1) is 12.2 Å². The van der Waals surface area contributed by atoms with Gasteiger partial charge in [-0.25, -0.2) is 4.79 Å². The molecule has 0 aromatic heterocycles. The number of nitrogens with zero attached hydrogens (tertiary/aromatic N) is 1. The number of carbonyl (C=O) groups is 1. The summed E-state index contributed by atoms with van der Waals surface area (Å²) in [5, 5.41) is 12.3. The van der Waals surface area contributed by atoms with E-state index in [0.717, 1.165) is 19.5 Å². The summed E-state index contributed by atoms with van der Waals surface area (Å²) in [6.07, 6.45) is 0.0353. The van der Waals surface area contributed by atoms with Crippen molar-refractivity contribution < 1.29 is 14.6 Å². The van der Waals surface area contributed by atoms with E-state index in [0.29, 0.717) is 13.2 Å². The molecule has 0 aromatic rings. The number of amides is 1. The van der Waals surface area contributed by atoms with Crippen LogP contribution in [0.3, 0.4) is 0 Å². The van der Waals surface area contributed by atoms with E-state index in [-0.39, 0.29) is 11.6 Å². The largest absolute Gasteiger partial charge is 0.465 e. The Labute approximate surface area is 96.8 Å². The van der Waals surface area contributed by atoms with Crippen molar-refractivity contribution in [3.63, 3.8) is 0 Å². The Kier molecular flexibility index (Phi) is 4.56.